The van der Waals surface area contributed by atoms with Gasteiger partial charge in [0.05, 0.1) is 0 Å². The van der Waals surface area contributed by atoms with Crippen molar-refractivity contribution < 1.29 is 5.11 Å². The topological polar surface area (TPSA) is 23.5 Å². The molecule has 0 aromatic heterocycles. The predicted molar refractivity (Wildman–Crippen MR) is 76.3 cm³/mol. The van der Waals surface area contributed by atoms with E-state index in [1.807, 2.05) is 23.9 Å². The number of halogens is 1. The SMILES string of the molecule is CN1CCC[C@@H]1CCSc1ccc(O)cc1.Cl. The summed E-state index contributed by atoms with van der Waals surface area (Å²) in [7, 11) is 2.23. The van der Waals surface area contributed by atoms with Gasteiger partial charge in [0, 0.05) is 10.9 Å². The second-order valence-electron chi connectivity index (χ2n) is 4.41. The van der Waals surface area contributed by atoms with Gasteiger partial charge in [-0.25, -0.2) is 0 Å². The van der Waals surface area contributed by atoms with Crippen LogP contribution in [0.3, 0.4) is 0 Å². The van der Waals surface area contributed by atoms with E-state index in [4.69, 9.17) is 0 Å². The van der Waals surface area contributed by atoms with Crippen LogP contribution in [-0.4, -0.2) is 35.4 Å². The van der Waals surface area contributed by atoms with Crippen molar-refractivity contribution in [3.8, 4) is 5.75 Å². The number of nitrogens with zero attached hydrogens (tertiary/aromatic N) is 1. The maximum absolute atomic E-state index is 9.17. The third-order valence-corrected chi connectivity index (χ3v) is 4.27. The van der Waals surface area contributed by atoms with Gasteiger partial charge in [-0.3, -0.25) is 0 Å². The average molecular weight is 274 g/mol. The van der Waals surface area contributed by atoms with Crippen LogP contribution in [0.5, 0.6) is 5.75 Å². The standard InChI is InChI=1S/C13H19NOS.ClH/c1-14-9-2-3-11(14)8-10-16-13-6-4-12(15)5-7-13;/h4-7,11,15H,2-3,8-10H2,1H3;1H/t11-;/m1./s1. The highest BCUT2D eigenvalue weighted by Crippen LogP contribution is 2.25. The van der Waals surface area contributed by atoms with Gasteiger partial charge < -0.3 is 10.0 Å². The molecule has 2 rings (SSSR count). The molecule has 4 heteroatoms. The Bertz CT molecular complexity index is 331. The van der Waals surface area contributed by atoms with Gasteiger partial charge in [0.15, 0.2) is 0 Å². The molecule has 0 unspecified atom stereocenters. The number of rotatable bonds is 4. The van der Waals surface area contributed by atoms with Crippen molar-refractivity contribution >= 4 is 24.2 Å². The normalized spacial score (nSPS) is 20.2. The minimum atomic E-state index is 0. The van der Waals surface area contributed by atoms with Crippen LogP contribution in [0, 0.1) is 0 Å². The lowest BCUT2D eigenvalue weighted by Gasteiger charge is -2.18. The number of hydrogen-bond donors (Lipinski definition) is 1. The zero-order valence-corrected chi connectivity index (χ0v) is 11.8. The molecule has 1 aliphatic heterocycles. The Morgan fingerprint density at radius 1 is 1.35 bits per heavy atom. The quantitative estimate of drug-likeness (QED) is 0.851. The highest BCUT2D eigenvalue weighted by molar-refractivity contribution is 7.99. The molecule has 0 amide bonds. The Labute approximate surface area is 114 Å². The Balaban J connectivity index is 0.00000144. The largest absolute Gasteiger partial charge is 0.508 e. The maximum Gasteiger partial charge on any atom is 0.115 e. The fourth-order valence-electron chi connectivity index (χ4n) is 2.20. The Kier molecular flexibility index (Phi) is 6.17. The number of thioether (sulfide) groups is 1. The Hall–Kier alpha value is -0.380. The van der Waals surface area contributed by atoms with Gasteiger partial charge in [0.1, 0.15) is 5.75 Å². The Morgan fingerprint density at radius 3 is 2.65 bits per heavy atom. The molecule has 0 spiro atoms. The summed E-state index contributed by atoms with van der Waals surface area (Å²) in [5.41, 5.74) is 0. The van der Waals surface area contributed by atoms with E-state index in [-0.39, 0.29) is 12.4 Å². The molecular weight excluding hydrogens is 254 g/mol. The first kappa shape index (κ1) is 14.7. The van der Waals surface area contributed by atoms with E-state index < -0.39 is 0 Å². The van der Waals surface area contributed by atoms with E-state index in [1.165, 1.54) is 36.5 Å². The fourth-order valence-corrected chi connectivity index (χ4v) is 3.15. The second-order valence-corrected chi connectivity index (χ2v) is 5.58. The van der Waals surface area contributed by atoms with Crippen LogP contribution in [0.1, 0.15) is 19.3 Å². The molecule has 1 aromatic rings. The van der Waals surface area contributed by atoms with E-state index in [9.17, 15) is 5.11 Å². The highest BCUT2D eigenvalue weighted by Gasteiger charge is 2.19. The number of hydrogen-bond acceptors (Lipinski definition) is 3. The van der Waals surface area contributed by atoms with E-state index in [0.29, 0.717) is 5.75 Å². The molecule has 2 nitrogen and oxygen atoms in total. The number of benzene rings is 1. The summed E-state index contributed by atoms with van der Waals surface area (Å²) in [5, 5.41) is 9.17. The summed E-state index contributed by atoms with van der Waals surface area (Å²) in [4.78, 5) is 3.72. The molecular formula is C13H20ClNOS. The highest BCUT2D eigenvalue weighted by atomic mass is 35.5. The lowest BCUT2D eigenvalue weighted by atomic mass is 10.2. The fraction of sp³-hybridized carbons (Fsp3) is 0.538. The molecule has 0 aliphatic carbocycles. The number of phenolic OH excluding ortho intramolecular Hbond substituents is 1. The van der Waals surface area contributed by atoms with E-state index in [2.05, 4.69) is 11.9 Å². The van der Waals surface area contributed by atoms with Crippen molar-refractivity contribution in [1.82, 2.24) is 4.90 Å². The van der Waals surface area contributed by atoms with Crippen LogP contribution in [-0.2, 0) is 0 Å². The molecule has 1 heterocycles. The first-order chi connectivity index (χ1) is 7.75. The van der Waals surface area contributed by atoms with E-state index in [0.717, 1.165) is 6.04 Å². The van der Waals surface area contributed by atoms with Gasteiger partial charge in [-0.05, 0) is 62.9 Å². The minimum absolute atomic E-state index is 0. The lowest BCUT2D eigenvalue weighted by Crippen LogP contribution is -2.25. The third-order valence-electron chi connectivity index (χ3n) is 3.23. The summed E-state index contributed by atoms with van der Waals surface area (Å²) in [6.07, 6.45) is 3.97. The molecule has 1 aliphatic rings. The molecule has 1 saturated heterocycles. The molecule has 0 saturated carbocycles. The van der Waals surface area contributed by atoms with Gasteiger partial charge >= 0.3 is 0 Å². The molecule has 96 valence electrons. The predicted octanol–water partition coefficient (Wildman–Crippen LogP) is 3.39. The third kappa shape index (κ3) is 4.41. The van der Waals surface area contributed by atoms with Gasteiger partial charge in [0.25, 0.3) is 0 Å². The van der Waals surface area contributed by atoms with Crippen LogP contribution in [0.2, 0.25) is 0 Å². The van der Waals surface area contributed by atoms with Crippen LogP contribution in [0.4, 0.5) is 0 Å². The van der Waals surface area contributed by atoms with Crippen molar-refractivity contribution in [2.45, 2.75) is 30.2 Å². The van der Waals surface area contributed by atoms with Crippen molar-refractivity contribution in [2.75, 3.05) is 19.3 Å². The molecule has 17 heavy (non-hydrogen) atoms. The second kappa shape index (κ2) is 7.14. The first-order valence-electron chi connectivity index (χ1n) is 5.88. The van der Waals surface area contributed by atoms with Crippen molar-refractivity contribution in [2.24, 2.45) is 0 Å². The maximum atomic E-state index is 9.17. The van der Waals surface area contributed by atoms with E-state index in [1.54, 1.807) is 12.1 Å². The van der Waals surface area contributed by atoms with Crippen molar-refractivity contribution in [1.29, 1.82) is 0 Å². The molecule has 0 bridgehead atoms. The molecule has 1 fully saturated rings. The number of aromatic hydroxyl groups is 1. The molecule has 1 aromatic carbocycles. The van der Waals surface area contributed by atoms with Gasteiger partial charge in [-0.2, -0.15) is 0 Å². The zero-order chi connectivity index (χ0) is 11.4. The molecule has 1 N–H and O–H groups in total. The monoisotopic (exact) mass is 273 g/mol. The Morgan fingerprint density at radius 2 is 2.06 bits per heavy atom. The molecule has 0 radical (unpaired) electrons. The molecule has 1 atom stereocenters. The summed E-state index contributed by atoms with van der Waals surface area (Å²) in [6, 6.07) is 8.26. The van der Waals surface area contributed by atoms with Crippen molar-refractivity contribution in [3.63, 3.8) is 0 Å². The van der Waals surface area contributed by atoms with Gasteiger partial charge in [-0.15, -0.1) is 24.2 Å². The summed E-state index contributed by atoms with van der Waals surface area (Å²) < 4.78 is 0. The van der Waals surface area contributed by atoms with Crippen LogP contribution in [0.15, 0.2) is 29.2 Å². The van der Waals surface area contributed by atoms with Crippen LogP contribution < -0.4 is 0 Å². The number of likely N-dealkylation sites (tertiary alicyclic amines) is 1. The minimum Gasteiger partial charge on any atom is -0.508 e. The van der Waals surface area contributed by atoms with Crippen molar-refractivity contribution in [3.05, 3.63) is 24.3 Å². The lowest BCUT2D eigenvalue weighted by molar-refractivity contribution is 0.305. The zero-order valence-electron chi connectivity index (χ0n) is 10.1. The van der Waals surface area contributed by atoms with Gasteiger partial charge in [0.2, 0.25) is 0 Å². The summed E-state index contributed by atoms with van der Waals surface area (Å²) in [5.74, 6) is 1.51. The van der Waals surface area contributed by atoms with Gasteiger partial charge in [-0.1, -0.05) is 0 Å². The van der Waals surface area contributed by atoms with E-state index >= 15 is 0 Å². The summed E-state index contributed by atoms with van der Waals surface area (Å²) in [6.45, 7) is 1.26. The first-order valence-corrected chi connectivity index (χ1v) is 6.86. The number of phenols is 1. The van der Waals surface area contributed by atoms with Crippen LogP contribution in [0.25, 0.3) is 0 Å². The summed E-state index contributed by atoms with van der Waals surface area (Å²) >= 11 is 1.88. The smallest absolute Gasteiger partial charge is 0.115 e. The average Bonchev–Trinajstić information content (AvgIpc) is 2.68. The van der Waals surface area contributed by atoms with Crippen LogP contribution >= 0.6 is 24.2 Å².